The van der Waals surface area contributed by atoms with Gasteiger partial charge in [0.2, 0.25) is 0 Å². The van der Waals surface area contributed by atoms with Crippen molar-refractivity contribution in [2.75, 3.05) is 26.3 Å². The van der Waals surface area contributed by atoms with Crippen molar-refractivity contribution in [3.63, 3.8) is 0 Å². The smallest absolute Gasteiger partial charge is 0.0685 e. The molecule has 2 aromatic rings. The highest BCUT2D eigenvalue weighted by molar-refractivity contribution is 5.82. The fraction of sp³-hybridized carbons (Fsp3) is 0.444. The van der Waals surface area contributed by atoms with Crippen molar-refractivity contribution in [3.8, 4) is 0 Å². The number of aryl methyl sites for hydroxylation is 2. The van der Waals surface area contributed by atoms with Crippen molar-refractivity contribution in [3.05, 3.63) is 52.3 Å². The molecule has 0 unspecified atom stereocenters. The van der Waals surface area contributed by atoms with E-state index in [0.717, 1.165) is 49.8 Å². The SMILES string of the molecule is Cc1ccc(Cn2nc(C)c(C=NN3CCOCC3)c2C)cc1. The third kappa shape index (κ3) is 3.79. The zero-order valence-electron chi connectivity index (χ0n) is 14.1. The topological polar surface area (TPSA) is 42.7 Å². The second-order valence-corrected chi connectivity index (χ2v) is 6.04. The van der Waals surface area contributed by atoms with Gasteiger partial charge >= 0.3 is 0 Å². The Morgan fingerprint density at radius 2 is 1.83 bits per heavy atom. The van der Waals surface area contributed by atoms with Crippen molar-refractivity contribution in [1.82, 2.24) is 14.8 Å². The second-order valence-electron chi connectivity index (χ2n) is 6.04. The summed E-state index contributed by atoms with van der Waals surface area (Å²) in [7, 11) is 0. The predicted octanol–water partition coefficient (Wildman–Crippen LogP) is 2.52. The monoisotopic (exact) mass is 312 g/mol. The Hall–Kier alpha value is -2.14. The van der Waals surface area contributed by atoms with Crippen LogP contribution in [0, 0.1) is 20.8 Å². The molecule has 1 saturated heterocycles. The van der Waals surface area contributed by atoms with Gasteiger partial charge in [-0.1, -0.05) is 29.8 Å². The van der Waals surface area contributed by atoms with E-state index in [0.29, 0.717) is 0 Å². The number of hydrogen-bond donors (Lipinski definition) is 0. The second kappa shape index (κ2) is 6.96. The Kier molecular flexibility index (Phi) is 4.76. The minimum absolute atomic E-state index is 0.752. The first-order valence-electron chi connectivity index (χ1n) is 8.10. The summed E-state index contributed by atoms with van der Waals surface area (Å²) in [4.78, 5) is 0. The maximum Gasteiger partial charge on any atom is 0.0685 e. The van der Waals surface area contributed by atoms with Gasteiger partial charge in [0, 0.05) is 11.3 Å². The van der Waals surface area contributed by atoms with Gasteiger partial charge in [0.15, 0.2) is 0 Å². The largest absolute Gasteiger partial charge is 0.378 e. The van der Waals surface area contributed by atoms with Gasteiger partial charge in [-0.3, -0.25) is 9.69 Å². The maximum absolute atomic E-state index is 5.35. The zero-order valence-corrected chi connectivity index (χ0v) is 14.1. The Balaban J connectivity index is 1.75. The predicted molar refractivity (Wildman–Crippen MR) is 92.0 cm³/mol. The van der Waals surface area contributed by atoms with Gasteiger partial charge in [0.1, 0.15) is 0 Å². The van der Waals surface area contributed by atoms with E-state index in [9.17, 15) is 0 Å². The summed E-state index contributed by atoms with van der Waals surface area (Å²) < 4.78 is 7.40. The molecule has 1 aromatic heterocycles. The van der Waals surface area contributed by atoms with Crippen LogP contribution in [0.5, 0.6) is 0 Å². The number of morpholine rings is 1. The molecule has 0 amide bonds. The molecule has 1 fully saturated rings. The lowest BCUT2D eigenvalue weighted by molar-refractivity contribution is 0.0397. The first kappa shape index (κ1) is 15.7. The molecule has 2 heterocycles. The molecule has 0 N–H and O–H groups in total. The summed E-state index contributed by atoms with van der Waals surface area (Å²) in [6, 6.07) is 8.60. The van der Waals surface area contributed by atoms with Gasteiger partial charge in [0.25, 0.3) is 0 Å². The van der Waals surface area contributed by atoms with Crippen LogP contribution in [0.2, 0.25) is 0 Å². The summed E-state index contributed by atoms with van der Waals surface area (Å²) in [5.74, 6) is 0. The van der Waals surface area contributed by atoms with Gasteiger partial charge < -0.3 is 4.74 Å². The fourth-order valence-electron chi connectivity index (χ4n) is 2.73. The van der Waals surface area contributed by atoms with Crippen molar-refractivity contribution >= 4 is 6.21 Å². The molecule has 5 nitrogen and oxygen atoms in total. The minimum Gasteiger partial charge on any atom is -0.378 e. The number of benzene rings is 1. The molecule has 0 radical (unpaired) electrons. The third-order valence-electron chi connectivity index (χ3n) is 4.23. The van der Waals surface area contributed by atoms with Gasteiger partial charge in [-0.15, -0.1) is 0 Å². The molecular formula is C18H24N4O. The average molecular weight is 312 g/mol. The van der Waals surface area contributed by atoms with Crippen LogP contribution in [0.1, 0.15) is 28.1 Å². The van der Waals surface area contributed by atoms with E-state index >= 15 is 0 Å². The Morgan fingerprint density at radius 1 is 1.13 bits per heavy atom. The number of hydrazone groups is 1. The highest BCUT2D eigenvalue weighted by atomic mass is 16.5. The Labute approximate surface area is 137 Å². The minimum atomic E-state index is 0.752. The molecule has 122 valence electrons. The molecule has 0 aliphatic carbocycles. The number of ether oxygens (including phenoxy) is 1. The Morgan fingerprint density at radius 3 is 2.52 bits per heavy atom. The van der Waals surface area contributed by atoms with Crippen LogP contribution in [0.3, 0.4) is 0 Å². The third-order valence-corrected chi connectivity index (χ3v) is 4.23. The van der Waals surface area contributed by atoms with Crippen molar-refractivity contribution in [1.29, 1.82) is 0 Å². The fourth-order valence-corrected chi connectivity index (χ4v) is 2.73. The summed E-state index contributed by atoms with van der Waals surface area (Å²) in [5.41, 5.74) is 5.83. The molecular weight excluding hydrogens is 288 g/mol. The molecule has 1 aliphatic heterocycles. The highest BCUT2D eigenvalue weighted by Gasteiger charge is 2.12. The first-order valence-corrected chi connectivity index (χ1v) is 8.10. The van der Waals surface area contributed by atoms with Gasteiger partial charge in [-0.25, -0.2) is 0 Å². The molecule has 23 heavy (non-hydrogen) atoms. The van der Waals surface area contributed by atoms with E-state index in [1.807, 2.05) is 13.1 Å². The molecule has 3 rings (SSSR count). The number of nitrogens with zero attached hydrogens (tertiary/aromatic N) is 4. The van der Waals surface area contributed by atoms with Gasteiger partial charge in [0.05, 0.1) is 44.8 Å². The summed E-state index contributed by atoms with van der Waals surface area (Å²) in [6.07, 6.45) is 1.94. The lowest BCUT2D eigenvalue weighted by Crippen LogP contribution is -2.32. The van der Waals surface area contributed by atoms with Crippen LogP contribution < -0.4 is 0 Å². The van der Waals surface area contributed by atoms with E-state index in [-0.39, 0.29) is 0 Å². The quantitative estimate of drug-likeness (QED) is 0.815. The molecule has 0 saturated carbocycles. The van der Waals surface area contributed by atoms with Crippen LogP contribution in [0.4, 0.5) is 0 Å². The van der Waals surface area contributed by atoms with E-state index in [2.05, 4.69) is 58.0 Å². The molecule has 0 bridgehead atoms. The number of aromatic nitrogens is 2. The molecule has 1 aliphatic rings. The first-order chi connectivity index (χ1) is 11.1. The highest BCUT2D eigenvalue weighted by Crippen LogP contribution is 2.14. The van der Waals surface area contributed by atoms with Crippen molar-refractivity contribution < 1.29 is 4.74 Å². The van der Waals surface area contributed by atoms with Crippen LogP contribution in [-0.2, 0) is 11.3 Å². The summed E-state index contributed by atoms with van der Waals surface area (Å²) in [6.45, 7) is 10.3. The van der Waals surface area contributed by atoms with Crippen LogP contribution in [0.15, 0.2) is 29.4 Å². The van der Waals surface area contributed by atoms with Crippen LogP contribution in [0.25, 0.3) is 0 Å². The average Bonchev–Trinajstić information content (AvgIpc) is 2.82. The van der Waals surface area contributed by atoms with E-state index in [4.69, 9.17) is 4.74 Å². The molecule has 0 atom stereocenters. The van der Waals surface area contributed by atoms with Crippen molar-refractivity contribution in [2.45, 2.75) is 27.3 Å². The van der Waals surface area contributed by atoms with Crippen LogP contribution in [-0.4, -0.2) is 47.3 Å². The van der Waals surface area contributed by atoms with E-state index in [1.165, 1.54) is 11.1 Å². The van der Waals surface area contributed by atoms with E-state index in [1.54, 1.807) is 0 Å². The molecule has 5 heteroatoms. The standard InChI is InChI=1S/C18H24N4O/c1-14-4-6-17(7-5-14)13-22-16(3)18(15(2)20-22)12-19-21-8-10-23-11-9-21/h4-7,12H,8-11,13H2,1-3H3. The number of rotatable bonds is 4. The summed E-state index contributed by atoms with van der Waals surface area (Å²) >= 11 is 0. The summed E-state index contributed by atoms with van der Waals surface area (Å²) in [5, 5.41) is 11.3. The lowest BCUT2D eigenvalue weighted by Gasteiger charge is -2.23. The van der Waals surface area contributed by atoms with Crippen molar-refractivity contribution in [2.24, 2.45) is 5.10 Å². The maximum atomic E-state index is 5.35. The van der Waals surface area contributed by atoms with Gasteiger partial charge in [-0.05, 0) is 26.3 Å². The van der Waals surface area contributed by atoms with Gasteiger partial charge in [-0.2, -0.15) is 10.2 Å². The Bertz CT molecular complexity index is 682. The lowest BCUT2D eigenvalue weighted by atomic mass is 10.1. The van der Waals surface area contributed by atoms with Crippen LogP contribution >= 0.6 is 0 Å². The molecule has 0 spiro atoms. The number of hydrogen-bond acceptors (Lipinski definition) is 4. The molecule has 1 aromatic carbocycles. The van der Waals surface area contributed by atoms with E-state index < -0.39 is 0 Å². The normalized spacial score (nSPS) is 15.5. The zero-order chi connectivity index (χ0) is 16.2.